The maximum Gasteiger partial charge on any atom is 0.341 e. The highest BCUT2D eigenvalue weighted by Gasteiger charge is 2.26. The van der Waals surface area contributed by atoms with Gasteiger partial charge in [-0.15, -0.1) is 0 Å². The van der Waals surface area contributed by atoms with Crippen LogP contribution in [0, 0.1) is 0 Å². The predicted molar refractivity (Wildman–Crippen MR) is 71.8 cm³/mol. The molecule has 19 heavy (non-hydrogen) atoms. The summed E-state index contributed by atoms with van der Waals surface area (Å²) in [6.07, 6.45) is 9.93. The molecule has 0 aromatic carbocycles. The molecule has 102 valence electrons. The van der Waals surface area contributed by atoms with Crippen LogP contribution in [0.1, 0.15) is 66.1 Å². The maximum atomic E-state index is 12.5. The Morgan fingerprint density at radius 2 is 1.84 bits per heavy atom. The average molecular weight is 261 g/mol. The van der Waals surface area contributed by atoms with Crippen LogP contribution in [0.3, 0.4) is 0 Å². The summed E-state index contributed by atoms with van der Waals surface area (Å²) < 4.78 is 1.71. The van der Waals surface area contributed by atoms with Gasteiger partial charge in [-0.25, -0.2) is 4.79 Å². The summed E-state index contributed by atoms with van der Waals surface area (Å²) in [5.74, 6) is -1.06. The predicted octanol–water partition coefficient (Wildman–Crippen LogP) is 2.54. The Morgan fingerprint density at radius 3 is 2.53 bits per heavy atom. The van der Waals surface area contributed by atoms with Gasteiger partial charge in [0.15, 0.2) is 0 Å². The molecule has 4 nitrogen and oxygen atoms in total. The highest BCUT2D eigenvalue weighted by atomic mass is 16.4. The van der Waals surface area contributed by atoms with Gasteiger partial charge in [-0.2, -0.15) is 0 Å². The van der Waals surface area contributed by atoms with Crippen LogP contribution >= 0.6 is 0 Å². The lowest BCUT2D eigenvalue weighted by Crippen LogP contribution is -2.32. The second-order valence-electron chi connectivity index (χ2n) is 5.67. The van der Waals surface area contributed by atoms with E-state index in [-0.39, 0.29) is 17.2 Å². The van der Waals surface area contributed by atoms with Gasteiger partial charge in [0.2, 0.25) is 0 Å². The minimum Gasteiger partial charge on any atom is -0.477 e. The molecule has 0 spiro atoms. The van der Waals surface area contributed by atoms with Gasteiger partial charge in [0.05, 0.1) is 0 Å². The zero-order valence-corrected chi connectivity index (χ0v) is 11.0. The van der Waals surface area contributed by atoms with Crippen LogP contribution in [0.5, 0.6) is 0 Å². The first kappa shape index (κ1) is 12.5. The normalized spacial score (nSPS) is 19.4. The van der Waals surface area contributed by atoms with E-state index in [4.69, 9.17) is 0 Å². The third kappa shape index (κ3) is 2.09. The summed E-state index contributed by atoms with van der Waals surface area (Å²) >= 11 is 0. The van der Waals surface area contributed by atoms with E-state index in [0.717, 1.165) is 62.5 Å². The summed E-state index contributed by atoms with van der Waals surface area (Å²) in [7, 11) is 0. The highest BCUT2D eigenvalue weighted by Crippen LogP contribution is 2.30. The summed E-state index contributed by atoms with van der Waals surface area (Å²) in [6, 6.07) is 0.206. The molecule has 1 N–H and O–H groups in total. The van der Waals surface area contributed by atoms with E-state index in [0.29, 0.717) is 0 Å². The van der Waals surface area contributed by atoms with Crippen molar-refractivity contribution < 1.29 is 9.90 Å². The van der Waals surface area contributed by atoms with E-state index >= 15 is 0 Å². The van der Waals surface area contributed by atoms with E-state index < -0.39 is 5.97 Å². The average Bonchev–Trinajstić information content (AvgIpc) is 2.91. The number of rotatable bonds is 2. The second-order valence-corrected chi connectivity index (χ2v) is 5.67. The number of hydrogen-bond donors (Lipinski definition) is 1. The van der Waals surface area contributed by atoms with Crippen LogP contribution in [0.15, 0.2) is 11.0 Å². The smallest absolute Gasteiger partial charge is 0.341 e. The number of aromatic carboxylic acids is 1. The van der Waals surface area contributed by atoms with Crippen LogP contribution in [0.2, 0.25) is 0 Å². The fourth-order valence-corrected chi connectivity index (χ4v) is 3.52. The molecular formula is C15H19NO3. The molecule has 3 rings (SSSR count). The molecule has 0 atom stereocenters. The Labute approximate surface area is 112 Å². The number of carboxylic acid groups (broad SMARTS) is 1. The van der Waals surface area contributed by atoms with Crippen LogP contribution in [0.4, 0.5) is 0 Å². The van der Waals surface area contributed by atoms with Crippen molar-refractivity contribution in [3.05, 3.63) is 33.2 Å². The molecule has 0 saturated heterocycles. The van der Waals surface area contributed by atoms with Crippen LogP contribution < -0.4 is 5.56 Å². The Balaban J connectivity index is 2.18. The zero-order valence-electron chi connectivity index (χ0n) is 11.0. The zero-order chi connectivity index (χ0) is 13.4. The number of aromatic nitrogens is 1. The van der Waals surface area contributed by atoms with Crippen molar-refractivity contribution in [1.29, 1.82) is 0 Å². The number of fused-ring (bicyclic) bond motifs is 1. The van der Waals surface area contributed by atoms with E-state index in [1.54, 1.807) is 4.57 Å². The Hall–Kier alpha value is -1.58. The Kier molecular flexibility index (Phi) is 3.17. The summed E-state index contributed by atoms with van der Waals surface area (Å²) in [5, 5.41) is 9.38. The monoisotopic (exact) mass is 261 g/mol. The molecule has 0 bridgehead atoms. The molecule has 0 aliphatic heterocycles. The van der Waals surface area contributed by atoms with Crippen molar-refractivity contribution >= 4 is 5.97 Å². The molecule has 1 heterocycles. The molecule has 1 saturated carbocycles. The fourth-order valence-electron chi connectivity index (χ4n) is 3.52. The van der Waals surface area contributed by atoms with Crippen molar-refractivity contribution in [3.8, 4) is 0 Å². The fraction of sp³-hybridized carbons (Fsp3) is 0.600. The number of carbonyl (C=O) groups is 1. The van der Waals surface area contributed by atoms with E-state index in [2.05, 4.69) is 0 Å². The van der Waals surface area contributed by atoms with Gasteiger partial charge in [0.25, 0.3) is 5.56 Å². The molecule has 0 amide bonds. The Bertz CT molecular complexity index is 567. The molecule has 1 fully saturated rings. The summed E-state index contributed by atoms with van der Waals surface area (Å²) in [4.78, 5) is 23.9. The molecule has 2 aliphatic rings. The van der Waals surface area contributed by atoms with Gasteiger partial charge in [-0.1, -0.05) is 12.8 Å². The SMILES string of the molecule is O=C(O)c1c2c(cn(C3CCCC3)c1=O)CCCC2. The Morgan fingerprint density at radius 1 is 1.16 bits per heavy atom. The van der Waals surface area contributed by atoms with Gasteiger partial charge in [0.1, 0.15) is 5.56 Å². The minimum absolute atomic E-state index is 0.0316. The van der Waals surface area contributed by atoms with Crippen LogP contribution in [-0.4, -0.2) is 15.6 Å². The molecule has 4 heteroatoms. The van der Waals surface area contributed by atoms with E-state index in [1.807, 2.05) is 6.20 Å². The van der Waals surface area contributed by atoms with E-state index in [9.17, 15) is 14.7 Å². The molecular weight excluding hydrogens is 242 g/mol. The quantitative estimate of drug-likeness (QED) is 0.890. The van der Waals surface area contributed by atoms with Crippen molar-refractivity contribution in [1.82, 2.24) is 4.57 Å². The van der Waals surface area contributed by atoms with Crippen LogP contribution in [0.25, 0.3) is 0 Å². The highest BCUT2D eigenvalue weighted by molar-refractivity contribution is 5.89. The van der Waals surface area contributed by atoms with Gasteiger partial charge in [0, 0.05) is 12.2 Å². The number of hydrogen-bond acceptors (Lipinski definition) is 2. The van der Waals surface area contributed by atoms with Crippen LogP contribution in [-0.2, 0) is 12.8 Å². The molecule has 2 aliphatic carbocycles. The number of carboxylic acids is 1. The molecule has 0 unspecified atom stereocenters. The van der Waals surface area contributed by atoms with Gasteiger partial charge in [-0.05, 0) is 49.7 Å². The topological polar surface area (TPSA) is 59.3 Å². The van der Waals surface area contributed by atoms with Crippen molar-refractivity contribution in [3.63, 3.8) is 0 Å². The first-order chi connectivity index (χ1) is 9.18. The number of pyridine rings is 1. The molecule has 0 radical (unpaired) electrons. The second kappa shape index (κ2) is 4.83. The van der Waals surface area contributed by atoms with Gasteiger partial charge >= 0.3 is 5.97 Å². The first-order valence-electron chi connectivity index (χ1n) is 7.18. The first-order valence-corrected chi connectivity index (χ1v) is 7.18. The lowest BCUT2D eigenvalue weighted by Gasteiger charge is -2.22. The van der Waals surface area contributed by atoms with E-state index in [1.165, 1.54) is 0 Å². The summed E-state index contributed by atoms with van der Waals surface area (Å²) in [5.41, 5.74) is 1.61. The third-order valence-corrected chi connectivity index (χ3v) is 4.49. The van der Waals surface area contributed by atoms with Crippen molar-refractivity contribution in [2.75, 3.05) is 0 Å². The largest absolute Gasteiger partial charge is 0.477 e. The lowest BCUT2D eigenvalue weighted by molar-refractivity contribution is 0.0692. The lowest BCUT2D eigenvalue weighted by atomic mass is 9.89. The molecule has 1 aromatic heterocycles. The number of aryl methyl sites for hydroxylation is 1. The van der Waals surface area contributed by atoms with Gasteiger partial charge < -0.3 is 9.67 Å². The maximum absolute atomic E-state index is 12.5. The standard InChI is InChI=1S/C15H19NO3/c17-14-13(15(18)19)12-8-4-1-5-10(12)9-16(14)11-6-2-3-7-11/h9,11H,1-8H2,(H,18,19). The van der Waals surface area contributed by atoms with Crippen molar-refractivity contribution in [2.24, 2.45) is 0 Å². The van der Waals surface area contributed by atoms with Crippen molar-refractivity contribution in [2.45, 2.75) is 57.4 Å². The molecule has 1 aromatic rings. The minimum atomic E-state index is -1.06. The third-order valence-electron chi connectivity index (χ3n) is 4.49. The summed E-state index contributed by atoms with van der Waals surface area (Å²) in [6.45, 7) is 0. The number of nitrogens with zero attached hydrogens (tertiary/aromatic N) is 1. The van der Waals surface area contributed by atoms with Gasteiger partial charge in [-0.3, -0.25) is 4.79 Å².